The molecule has 0 radical (unpaired) electrons. The van der Waals surface area contributed by atoms with Gasteiger partial charge in [-0.2, -0.15) is 0 Å². The van der Waals surface area contributed by atoms with Crippen LogP contribution in [0.3, 0.4) is 0 Å². The van der Waals surface area contributed by atoms with Crippen molar-refractivity contribution in [3.8, 4) is 0 Å². The Labute approximate surface area is 80.0 Å². The summed E-state index contributed by atoms with van der Waals surface area (Å²) in [4.78, 5) is 0. The maximum Gasteiger partial charge on any atom is -0.00430 e. The Balaban J connectivity index is 2.16. The molecule has 0 aliphatic heterocycles. The van der Waals surface area contributed by atoms with Gasteiger partial charge in [-0.25, -0.2) is 0 Å². The first kappa shape index (κ1) is 8.76. The summed E-state index contributed by atoms with van der Waals surface area (Å²) in [5.41, 5.74) is 7.24. The minimum absolute atomic E-state index is 0.724. The van der Waals surface area contributed by atoms with Gasteiger partial charge in [0.2, 0.25) is 0 Å². The summed E-state index contributed by atoms with van der Waals surface area (Å²) in [6.45, 7) is 0.847. The van der Waals surface area contributed by atoms with Crippen LogP contribution in [0.4, 0.5) is 0 Å². The quantitative estimate of drug-likeness (QED) is 0.734. The normalized spacial score (nSPS) is 27.8. The number of hydrogen-bond donors (Lipinski definition) is 1. The van der Waals surface area contributed by atoms with Gasteiger partial charge in [-0.05, 0) is 36.8 Å². The van der Waals surface area contributed by atoms with Crippen LogP contribution in [0.15, 0.2) is 30.3 Å². The zero-order valence-electron chi connectivity index (χ0n) is 7.95. The molecule has 1 nitrogen and oxygen atoms in total. The maximum absolute atomic E-state index is 5.76. The molecule has 1 saturated carbocycles. The summed E-state index contributed by atoms with van der Waals surface area (Å²) in [6, 6.07) is 10.8. The molecule has 2 N–H and O–H groups in total. The molecule has 1 aromatic carbocycles. The first-order valence-electron chi connectivity index (χ1n) is 5.17. The van der Waals surface area contributed by atoms with Gasteiger partial charge < -0.3 is 5.73 Å². The molecule has 70 valence electrons. The van der Waals surface area contributed by atoms with E-state index in [2.05, 4.69) is 30.3 Å². The Morgan fingerprint density at radius 2 is 1.92 bits per heavy atom. The van der Waals surface area contributed by atoms with Crippen molar-refractivity contribution in [3.63, 3.8) is 0 Å². The highest BCUT2D eigenvalue weighted by Crippen LogP contribution is 2.38. The van der Waals surface area contributed by atoms with Crippen molar-refractivity contribution >= 4 is 0 Å². The number of benzene rings is 1. The number of hydrogen-bond acceptors (Lipinski definition) is 1. The van der Waals surface area contributed by atoms with Crippen LogP contribution in [-0.2, 0) is 0 Å². The average Bonchev–Trinajstić information content (AvgIpc) is 2.67. The van der Waals surface area contributed by atoms with E-state index < -0.39 is 0 Å². The van der Waals surface area contributed by atoms with Crippen LogP contribution in [0, 0.1) is 5.92 Å². The lowest BCUT2D eigenvalue weighted by Crippen LogP contribution is -2.16. The van der Waals surface area contributed by atoms with E-state index in [4.69, 9.17) is 5.73 Å². The molecule has 1 fully saturated rings. The lowest BCUT2D eigenvalue weighted by atomic mass is 9.89. The molecule has 0 unspecified atom stereocenters. The number of nitrogens with two attached hydrogens (primary N) is 1. The molecule has 0 spiro atoms. The Morgan fingerprint density at radius 3 is 2.62 bits per heavy atom. The molecule has 1 heteroatoms. The van der Waals surface area contributed by atoms with E-state index in [-0.39, 0.29) is 0 Å². The largest absolute Gasteiger partial charge is 0.330 e. The third-order valence-electron chi connectivity index (χ3n) is 3.19. The van der Waals surface area contributed by atoms with Crippen molar-refractivity contribution < 1.29 is 0 Å². The molecular weight excluding hydrogens is 158 g/mol. The molecule has 0 heterocycles. The molecule has 13 heavy (non-hydrogen) atoms. The van der Waals surface area contributed by atoms with Gasteiger partial charge in [0.05, 0.1) is 0 Å². The minimum Gasteiger partial charge on any atom is -0.330 e. The highest BCUT2D eigenvalue weighted by atomic mass is 14.6. The zero-order chi connectivity index (χ0) is 9.10. The van der Waals surface area contributed by atoms with Gasteiger partial charge in [0.25, 0.3) is 0 Å². The lowest BCUT2D eigenvalue weighted by Gasteiger charge is -2.17. The van der Waals surface area contributed by atoms with Crippen LogP contribution >= 0.6 is 0 Å². The summed E-state index contributed by atoms with van der Waals surface area (Å²) < 4.78 is 0. The zero-order valence-corrected chi connectivity index (χ0v) is 7.95. The van der Waals surface area contributed by atoms with E-state index in [0.717, 1.165) is 18.4 Å². The van der Waals surface area contributed by atoms with Crippen LogP contribution in [0.2, 0.25) is 0 Å². The van der Waals surface area contributed by atoms with Gasteiger partial charge in [-0.15, -0.1) is 0 Å². The maximum atomic E-state index is 5.76. The summed E-state index contributed by atoms with van der Waals surface area (Å²) in [5.74, 6) is 1.45. The topological polar surface area (TPSA) is 26.0 Å². The fourth-order valence-electron chi connectivity index (χ4n) is 2.46. The minimum atomic E-state index is 0.724. The first-order valence-corrected chi connectivity index (χ1v) is 5.17. The molecular formula is C12H17N. The standard InChI is InChI=1S/C12H17N/c13-9-11-7-4-8-12(11)10-5-2-1-3-6-10/h1-3,5-6,11-12H,4,7-9,13H2/t11-,12-/m0/s1. The Hall–Kier alpha value is -0.820. The molecule has 0 aromatic heterocycles. The molecule has 2 atom stereocenters. The predicted molar refractivity (Wildman–Crippen MR) is 55.6 cm³/mol. The van der Waals surface area contributed by atoms with E-state index >= 15 is 0 Å². The van der Waals surface area contributed by atoms with E-state index in [9.17, 15) is 0 Å². The second-order valence-electron chi connectivity index (χ2n) is 3.94. The summed E-state index contributed by atoms with van der Waals surface area (Å²) in [6.07, 6.45) is 3.99. The fourth-order valence-corrected chi connectivity index (χ4v) is 2.46. The van der Waals surface area contributed by atoms with Crippen molar-refractivity contribution in [2.45, 2.75) is 25.2 Å². The predicted octanol–water partition coefficient (Wildman–Crippen LogP) is 2.53. The van der Waals surface area contributed by atoms with Crippen molar-refractivity contribution in [1.82, 2.24) is 0 Å². The molecule has 1 aliphatic rings. The smallest absolute Gasteiger partial charge is 0.00430 e. The highest BCUT2D eigenvalue weighted by molar-refractivity contribution is 5.21. The van der Waals surface area contributed by atoms with E-state index in [1.165, 1.54) is 24.8 Å². The van der Waals surface area contributed by atoms with Crippen molar-refractivity contribution in [2.24, 2.45) is 11.7 Å². The van der Waals surface area contributed by atoms with Crippen molar-refractivity contribution in [2.75, 3.05) is 6.54 Å². The van der Waals surface area contributed by atoms with Crippen molar-refractivity contribution in [1.29, 1.82) is 0 Å². The molecule has 0 bridgehead atoms. The number of rotatable bonds is 2. The summed E-state index contributed by atoms with van der Waals surface area (Å²) >= 11 is 0. The van der Waals surface area contributed by atoms with Gasteiger partial charge >= 0.3 is 0 Å². The lowest BCUT2D eigenvalue weighted by molar-refractivity contribution is 0.496. The van der Waals surface area contributed by atoms with Gasteiger partial charge in [0.1, 0.15) is 0 Å². The van der Waals surface area contributed by atoms with Gasteiger partial charge in [0, 0.05) is 0 Å². The van der Waals surface area contributed by atoms with Crippen molar-refractivity contribution in [3.05, 3.63) is 35.9 Å². The summed E-state index contributed by atoms with van der Waals surface area (Å²) in [7, 11) is 0. The Bertz CT molecular complexity index is 255. The Kier molecular flexibility index (Phi) is 2.65. The third-order valence-corrected chi connectivity index (χ3v) is 3.19. The second kappa shape index (κ2) is 3.93. The second-order valence-corrected chi connectivity index (χ2v) is 3.94. The van der Waals surface area contributed by atoms with E-state index in [0.29, 0.717) is 0 Å². The molecule has 2 rings (SSSR count). The van der Waals surface area contributed by atoms with E-state index in [1.807, 2.05) is 0 Å². The van der Waals surface area contributed by atoms with Gasteiger partial charge in [0.15, 0.2) is 0 Å². The molecule has 1 aliphatic carbocycles. The van der Waals surface area contributed by atoms with Crippen LogP contribution in [-0.4, -0.2) is 6.54 Å². The van der Waals surface area contributed by atoms with Crippen LogP contribution < -0.4 is 5.73 Å². The molecule has 1 aromatic rings. The average molecular weight is 175 g/mol. The molecule has 0 saturated heterocycles. The summed E-state index contributed by atoms with van der Waals surface area (Å²) in [5, 5.41) is 0. The third kappa shape index (κ3) is 1.75. The molecule has 0 amide bonds. The van der Waals surface area contributed by atoms with Crippen LogP contribution in [0.1, 0.15) is 30.7 Å². The monoisotopic (exact) mass is 175 g/mol. The Morgan fingerprint density at radius 1 is 1.15 bits per heavy atom. The van der Waals surface area contributed by atoms with Crippen LogP contribution in [0.5, 0.6) is 0 Å². The van der Waals surface area contributed by atoms with Gasteiger partial charge in [-0.3, -0.25) is 0 Å². The van der Waals surface area contributed by atoms with Gasteiger partial charge in [-0.1, -0.05) is 36.8 Å². The fraction of sp³-hybridized carbons (Fsp3) is 0.500. The van der Waals surface area contributed by atoms with E-state index in [1.54, 1.807) is 0 Å². The highest BCUT2D eigenvalue weighted by Gasteiger charge is 2.26. The first-order chi connectivity index (χ1) is 6.42. The SMILES string of the molecule is NC[C@@H]1CCC[C@H]1c1ccccc1. The van der Waals surface area contributed by atoms with Crippen LogP contribution in [0.25, 0.3) is 0 Å².